The van der Waals surface area contributed by atoms with Gasteiger partial charge in [-0.15, -0.1) is 35.8 Å². The molecule has 0 unspecified atom stereocenters. The smallest absolute Gasteiger partial charge is 0.344 e. The zero-order valence-electron chi connectivity index (χ0n) is 17.2. The van der Waals surface area contributed by atoms with Crippen LogP contribution in [0.5, 0.6) is 0 Å². The van der Waals surface area contributed by atoms with E-state index in [9.17, 15) is 0 Å². The van der Waals surface area contributed by atoms with Crippen molar-refractivity contribution in [2.24, 2.45) is 0 Å². The van der Waals surface area contributed by atoms with Crippen LogP contribution in [0.3, 0.4) is 0 Å². The van der Waals surface area contributed by atoms with E-state index in [4.69, 9.17) is 16.6 Å². The predicted molar refractivity (Wildman–Crippen MR) is 126 cm³/mol. The Hall–Kier alpha value is -1.94. The van der Waals surface area contributed by atoms with E-state index in [-0.39, 0.29) is 35.6 Å². The molecular formula is C24H25Cl2FeN3. The number of hydrogen-bond donors (Lipinski definition) is 1. The van der Waals surface area contributed by atoms with Crippen molar-refractivity contribution in [3.05, 3.63) is 95.3 Å². The van der Waals surface area contributed by atoms with Gasteiger partial charge in [0.2, 0.25) is 0 Å². The molecule has 3 nitrogen and oxygen atoms in total. The summed E-state index contributed by atoms with van der Waals surface area (Å²) in [4.78, 5) is 9.35. The first-order chi connectivity index (χ1) is 13.0. The van der Waals surface area contributed by atoms with Gasteiger partial charge in [-0.25, -0.2) is 6.08 Å². The fourth-order valence-corrected chi connectivity index (χ4v) is 2.97. The molecule has 3 N–H and O–H groups in total. The van der Waals surface area contributed by atoms with Crippen molar-refractivity contribution in [1.82, 2.24) is 16.1 Å². The Kier molecular flexibility index (Phi) is 11.9. The Balaban J connectivity index is 0.000000659. The van der Waals surface area contributed by atoms with Crippen molar-refractivity contribution >= 4 is 45.8 Å². The SMILES string of the molecule is C=[C-]c1ccc2ccc3ccc(C(C)C)nc3c2n1.Cc1[c-]c(Cl)ccc1.Cl.N.[Fe+2]. The molecule has 0 aliphatic carbocycles. The molecule has 4 aromatic rings. The summed E-state index contributed by atoms with van der Waals surface area (Å²) in [6, 6.07) is 21.0. The second kappa shape index (κ2) is 12.7. The quantitative estimate of drug-likeness (QED) is 0.186. The Labute approximate surface area is 200 Å². The average Bonchev–Trinajstić information content (AvgIpc) is 2.67. The predicted octanol–water partition coefficient (Wildman–Crippen LogP) is 7.27. The van der Waals surface area contributed by atoms with Gasteiger partial charge in [0.05, 0.1) is 11.0 Å². The minimum absolute atomic E-state index is 0. The standard InChI is InChI=1S/C17H15N2.C7H6Cl.ClH.Fe.H3N/c1-4-14-9-7-12-5-6-13-8-10-15(11(2)3)19-17(13)16(12)18-14;1-6-3-2-4-7(8)5-6;;;/h5-11H,1H2,2-3H3;2-4H,1H3;1H;;1H3/q2*-1;;+2;. The molecule has 158 valence electrons. The van der Waals surface area contributed by atoms with Gasteiger partial charge >= 0.3 is 17.1 Å². The fourth-order valence-electron chi connectivity index (χ4n) is 2.75. The van der Waals surface area contributed by atoms with Crippen LogP contribution in [0.15, 0.2) is 61.2 Å². The summed E-state index contributed by atoms with van der Waals surface area (Å²) in [6.07, 6.45) is 2.83. The second-order valence-electron chi connectivity index (χ2n) is 6.65. The maximum atomic E-state index is 5.59. The molecule has 0 aliphatic heterocycles. The number of rotatable bonds is 2. The monoisotopic (exact) mass is 481 g/mol. The van der Waals surface area contributed by atoms with Crippen LogP contribution in [0.25, 0.3) is 21.8 Å². The number of aryl methyl sites for hydroxylation is 1. The summed E-state index contributed by atoms with van der Waals surface area (Å²) in [5.74, 6) is 0.411. The third-order valence-corrected chi connectivity index (χ3v) is 4.44. The van der Waals surface area contributed by atoms with Crippen LogP contribution in [0.1, 0.15) is 36.7 Å². The van der Waals surface area contributed by atoms with Gasteiger partial charge in [-0.2, -0.15) is 42.5 Å². The van der Waals surface area contributed by atoms with E-state index in [0.29, 0.717) is 10.9 Å². The van der Waals surface area contributed by atoms with Gasteiger partial charge in [0.25, 0.3) is 0 Å². The van der Waals surface area contributed by atoms with Crippen molar-refractivity contribution in [2.45, 2.75) is 26.7 Å². The number of fused-ring (bicyclic) bond motifs is 3. The number of aromatic nitrogens is 2. The van der Waals surface area contributed by atoms with Crippen LogP contribution >= 0.6 is 24.0 Å². The van der Waals surface area contributed by atoms with Crippen molar-refractivity contribution in [3.63, 3.8) is 0 Å². The summed E-state index contributed by atoms with van der Waals surface area (Å²) in [7, 11) is 0. The molecule has 0 amide bonds. The summed E-state index contributed by atoms with van der Waals surface area (Å²) in [5.41, 5.74) is 4.82. The topological polar surface area (TPSA) is 60.8 Å². The van der Waals surface area contributed by atoms with Crippen LogP contribution in [0.2, 0.25) is 5.02 Å². The minimum Gasteiger partial charge on any atom is -0.344 e. The van der Waals surface area contributed by atoms with Crippen molar-refractivity contribution < 1.29 is 17.1 Å². The van der Waals surface area contributed by atoms with Crippen molar-refractivity contribution in [2.75, 3.05) is 0 Å². The van der Waals surface area contributed by atoms with Gasteiger partial charge in [0, 0.05) is 11.1 Å². The van der Waals surface area contributed by atoms with Crippen LogP contribution in [0.4, 0.5) is 0 Å². The van der Waals surface area contributed by atoms with Gasteiger partial charge in [-0.3, -0.25) is 9.97 Å². The third-order valence-electron chi connectivity index (χ3n) is 4.22. The van der Waals surface area contributed by atoms with Crippen LogP contribution in [0, 0.1) is 19.1 Å². The van der Waals surface area contributed by atoms with E-state index in [1.54, 1.807) is 0 Å². The Morgan fingerprint density at radius 2 is 1.50 bits per heavy atom. The van der Waals surface area contributed by atoms with E-state index in [0.717, 1.165) is 38.8 Å². The van der Waals surface area contributed by atoms with E-state index < -0.39 is 0 Å². The maximum absolute atomic E-state index is 5.59. The van der Waals surface area contributed by atoms with Crippen LogP contribution < -0.4 is 6.15 Å². The number of hydrogen-bond acceptors (Lipinski definition) is 3. The number of pyridine rings is 2. The average molecular weight is 482 g/mol. The molecule has 4 rings (SSSR count). The van der Waals surface area contributed by atoms with Crippen molar-refractivity contribution in [1.29, 1.82) is 0 Å². The molecule has 0 aliphatic rings. The molecule has 0 saturated heterocycles. The van der Waals surface area contributed by atoms with Gasteiger partial charge in [-0.1, -0.05) is 44.0 Å². The van der Waals surface area contributed by atoms with Gasteiger partial charge in [-0.05, 0) is 17.4 Å². The first kappa shape index (κ1) is 28.1. The molecule has 6 heteroatoms. The van der Waals surface area contributed by atoms with Crippen LogP contribution in [-0.4, -0.2) is 9.97 Å². The number of halogens is 2. The molecule has 0 fully saturated rings. The van der Waals surface area contributed by atoms with E-state index in [1.807, 2.05) is 37.3 Å². The largest absolute Gasteiger partial charge is 2.00 e. The molecule has 2 aromatic carbocycles. The first-order valence-electron chi connectivity index (χ1n) is 8.86. The number of benzene rings is 2. The molecule has 0 spiro atoms. The summed E-state index contributed by atoms with van der Waals surface area (Å²) >= 11 is 5.59. The van der Waals surface area contributed by atoms with Gasteiger partial charge in [0.15, 0.2) is 0 Å². The normalized spacial score (nSPS) is 9.63. The van der Waals surface area contributed by atoms with Crippen molar-refractivity contribution in [3.8, 4) is 0 Å². The molecule has 2 aromatic heterocycles. The molecule has 0 saturated carbocycles. The Morgan fingerprint density at radius 1 is 0.933 bits per heavy atom. The maximum Gasteiger partial charge on any atom is 2.00 e. The molecular weight excluding hydrogens is 457 g/mol. The molecule has 0 atom stereocenters. The Morgan fingerprint density at radius 3 is 2.00 bits per heavy atom. The van der Waals surface area contributed by atoms with E-state index >= 15 is 0 Å². The fraction of sp³-hybridized carbons (Fsp3) is 0.167. The summed E-state index contributed by atoms with van der Waals surface area (Å²) in [5, 5.41) is 2.90. The first-order valence-corrected chi connectivity index (χ1v) is 9.23. The minimum atomic E-state index is 0. The molecule has 0 bridgehead atoms. The number of nitrogens with zero attached hydrogens (tertiary/aromatic N) is 2. The molecule has 2 heterocycles. The van der Waals surface area contributed by atoms with E-state index in [2.05, 4.69) is 61.8 Å². The zero-order chi connectivity index (χ0) is 19.4. The zero-order valence-corrected chi connectivity index (χ0v) is 19.9. The third kappa shape index (κ3) is 6.80. The Bertz CT molecular complexity index is 1100. The molecule has 30 heavy (non-hydrogen) atoms. The molecule has 0 radical (unpaired) electrons. The van der Waals surface area contributed by atoms with Gasteiger partial charge in [0.1, 0.15) is 0 Å². The summed E-state index contributed by atoms with van der Waals surface area (Å²) in [6.45, 7) is 9.92. The van der Waals surface area contributed by atoms with E-state index in [1.165, 1.54) is 0 Å². The summed E-state index contributed by atoms with van der Waals surface area (Å²) < 4.78 is 0. The van der Waals surface area contributed by atoms with Gasteiger partial charge < -0.3 is 6.15 Å². The second-order valence-corrected chi connectivity index (χ2v) is 7.06. The van der Waals surface area contributed by atoms with Crippen LogP contribution in [-0.2, 0) is 17.1 Å².